The van der Waals surface area contributed by atoms with Gasteiger partial charge in [0.15, 0.2) is 11.5 Å². The Bertz CT molecular complexity index is 1120. The van der Waals surface area contributed by atoms with Crippen LogP contribution >= 0.6 is 0 Å². The average molecular weight is 369 g/mol. The van der Waals surface area contributed by atoms with Gasteiger partial charge in [-0.05, 0) is 42.3 Å². The van der Waals surface area contributed by atoms with Gasteiger partial charge in [-0.25, -0.2) is 0 Å². The maximum atomic E-state index is 12.3. The number of hydrogen-bond acceptors (Lipinski definition) is 5. The summed E-state index contributed by atoms with van der Waals surface area (Å²) in [6.45, 7) is 2.47. The van der Waals surface area contributed by atoms with Crippen LogP contribution in [0, 0.1) is 6.92 Å². The SMILES string of the molecule is Cc1ccccc1CNC(=O)c1ccc(Nc2cccc3cccnc23)nn1. The lowest BCUT2D eigenvalue weighted by Crippen LogP contribution is -2.24. The number of carbonyl (C=O) groups excluding carboxylic acids is 1. The number of pyridine rings is 1. The van der Waals surface area contributed by atoms with E-state index in [2.05, 4.69) is 25.8 Å². The van der Waals surface area contributed by atoms with Crippen LogP contribution in [0.15, 0.2) is 72.9 Å². The largest absolute Gasteiger partial charge is 0.347 e. The fourth-order valence-corrected chi connectivity index (χ4v) is 2.94. The molecule has 0 aliphatic carbocycles. The second-order valence-corrected chi connectivity index (χ2v) is 6.42. The first kappa shape index (κ1) is 17.6. The molecule has 0 aliphatic heterocycles. The molecule has 0 spiro atoms. The molecule has 0 radical (unpaired) electrons. The molecule has 6 heteroatoms. The summed E-state index contributed by atoms with van der Waals surface area (Å²) in [5, 5.41) is 15.3. The standard InChI is InChI=1S/C22H19N5O/c1-15-6-2-3-7-17(15)14-24-22(28)19-11-12-20(27-26-19)25-18-10-4-8-16-9-5-13-23-21(16)18/h2-13H,14H2,1H3,(H,24,28)(H,25,27). The Morgan fingerprint density at radius 3 is 2.61 bits per heavy atom. The third-order valence-electron chi connectivity index (χ3n) is 4.49. The van der Waals surface area contributed by atoms with Crippen molar-refractivity contribution in [2.75, 3.05) is 5.32 Å². The summed E-state index contributed by atoms with van der Waals surface area (Å²) in [4.78, 5) is 16.7. The molecule has 0 bridgehead atoms. The molecule has 6 nitrogen and oxygen atoms in total. The molecule has 2 heterocycles. The number of anilines is 2. The molecule has 4 aromatic rings. The fraction of sp³-hybridized carbons (Fsp3) is 0.0909. The number of nitrogens with zero attached hydrogens (tertiary/aromatic N) is 3. The highest BCUT2D eigenvalue weighted by molar-refractivity contribution is 5.93. The average Bonchev–Trinajstić information content (AvgIpc) is 2.74. The Balaban J connectivity index is 1.45. The molecular weight excluding hydrogens is 350 g/mol. The van der Waals surface area contributed by atoms with Gasteiger partial charge in [-0.15, -0.1) is 10.2 Å². The number of rotatable bonds is 5. The van der Waals surface area contributed by atoms with E-state index in [9.17, 15) is 4.79 Å². The highest BCUT2D eigenvalue weighted by atomic mass is 16.1. The van der Waals surface area contributed by atoms with Crippen LogP contribution in [0.1, 0.15) is 21.6 Å². The summed E-state index contributed by atoms with van der Waals surface area (Å²) in [6.07, 6.45) is 1.75. The van der Waals surface area contributed by atoms with E-state index in [1.807, 2.05) is 61.5 Å². The number of para-hydroxylation sites is 1. The molecule has 138 valence electrons. The van der Waals surface area contributed by atoms with Gasteiger partial charge in [-0.1, -0.05) is 42.5 Å². The first-order chi connectivity index (χ1) is 13.7. The van der Waals surface area contributed by atoms with Gasteiger partial charge >= 0.3 is 0 Å². The maximum absolute atomic E-state index is 12.3. The van der Waals surface area contributed by atoms with Crippen molar-refractivity contribution in [3.8, 4) is 0 Å². The van der Waals surface area contributed by atoms with Gasteiger partial charge in [0, 0.05) is 18.1 Å². The Kier molecular flexibility index (Phi) is 4.93. The van der Waals surface area contributed by atoms with Gasteiger partial charge in [0.05, 0.1) is 11.2 Å². The Morgan fingerprint density at radius 2 is 1.79 bits per heavy atom. The van der Waals surface area contributed by atoms with Crippen LogP contribution in [0.4, 0.5) is 11.5 Å². The number of amides is 1. The predicted molar refractivity (Wildman–Crippen MR) is 109 cm³/mol. The van der Waals surface area contributed by atoms with E-state index in [1.165, 1.54) is 0 Å². The monoisotopic (exact) mass is 369 g/mol. The number of nitrogens with one attached hydrogen (secondary N) is 2. The van der Waals surface area contributed by atoms with Gasteiger partial charge in [0.2, 0.25) is 0 Å². The second-order valence-electron chi connectivity index (χ2n) is 6.42. The summed E-state index contributed by atoms with van der Waals surface area (Å²) in [5.41, 5.74) is 4.17. The van der Waals surface area contributed by atoms with Gasteiger partial charge in [-0.2, -0.15) is 0 Å². The van der Waals surface area contributed by atoms with E-state index >= 15 is 0 Å². The van der Waals surface area contributed by atoms with Gasteiger partial charge in [0.25, 0.3) is 5.91 Å². The van der Waals surface area contributed by atoms with Crippen molar-refractivity contribution in [1.29, 1.82) is 0 Å². The lowest BCUT2D eigenvalue weighted by Gasteiger charge is -2.09. The zero-order valence-electron chi connectivity index (χ0n) is 15.4. The lowest BCUT2D eigenvalue weighted by molar-refractivity contribution is 0.0945. The van der Waals surface area contributed by atoms with Crippen LogP contribution in [-0.4, -0.2) is 21.1 Å². The molecular formula is C22H19N5O. The van der Waals surface area contributed by atoms with Crippen LogP contribution in [0.5, 0.6) is 0 Å². The maximum Gasteiger partial charge on any atom is 0.272 e. The Morgan fingerprint density at radius 1 is 0.929 bits per heavy atom. The van der Waals surface area contributed by atoms with Crippen molar-refractivity contribution in [1.82, 2.24) is 20.5 Å². The highest BCUT2D eigenvalue weighted by Crippen LogP contribution is 2.23. The van der Waals surface area contributed by atoms with Crippen molar-refractivity contribution in [2.45, 2.75) is 13.5 Å². The molecule has 4 rings (SSSR count). The van der Waals surface area contributed by atoms with Crippen molar-refractivity contribution >= 4 is 28.3 Å². The number of benzene rings is 2. The molecule has 0 fully saturated rings. The minimum atomic E-state index is -0.255. The molecule has 0 saturated heterocycles. The Hall–Kier alpha value is -3.80. The topological polar surface area (TPSA) is 79.8 Å². The summed E-state index contributed by atoms with van der Waals surface area (Å²) in [5.74, 6) is 0.294. The molecule has 0 saturated carbocycles. The molecule has 0 aliphatic rings. The molecule has 1 amide bonds. The quantitative estimate of drug-likeness (QED) is 0.556. The van der Waals surface area contributed by atoms with Crippen molar-refractivity contribution < 1.29 is 4.79 Å². The van der Waals surface area contributed by atoms with Crippen LogP contribution in [-0.2, 0) is 6.54 Å². The van der Waals surface area contributed by atoms with Crippen LogP contribution < -0.4 is 10.6 Å². The van der Waals surface area contributed by atoms with Crippen molar-refractivity contribution in [2.24, 2.45) is 0 Å². The molecule has 2 aromatic carbocycles. The summed E-state index contributed by atoms with van der Waals surface area (Å²) in [6, 6.07) is 21.1. The molecule has 2 N–H and O–H groups in total. The van der Waals surface area contributed by atoms with E-state index in [1.54, 1.807) is 18.3 Å². The van der Waals surface area contributed by atoms with Crippen LogP contribution in [0.25, 0.3) is 10.9 Å². The fourth-order valence-electron chi connectivity index (χ4n) is 2.94. The summed E-state index contributed by atoms with van der Waals surface area (Å²) in [7, 11) is 0. The number of carbonyl (C=O) groups is 1. The predicted octanol–water partition coefficient (Wildman–Crippen LogP) is 4.01. The molecule has 2 aromatic heterocycles. The normalized spacial score (nSPS) is 10.6. The van der Waals surface area contributed by atoms with E-state index in [0.29, 0.717) is 12.4 Å². The van der Waals surface area contributed by atoms with Gasteiger partial charge in [0.1, 0.15) is 0 Å². The number of aromatic nitrogens is 3. The zero-order chi connectivity index (χ0) is 19.3. The van der Waals surface area contributed by atoms with Crippen molar-refractivity contribution in [3.05, 3.63) is 89.7 Å². The minimum absolute atomic E-state index is 0.255. The zero-order valence-corrected chi connectivity index (χ0v) is 15.4. The number of hydrogen-bond donors (Lipinski definition) is 2. The molecule has 0 unspecified atom stereocenters. The second kappa shape index (κ2) is 7.84. The highest BCUT2D eigenvalue weighted by Gasteiger charge is 2.09. The summed E-state index contributed by atoms with van der Waals surface area (Å²) >= 11 is 0. The van der Waals surface area contributed by atoms with Gasteiger partial charge in [-0.3, -0.25) is 9.78 Å². The van der Waals surface area contributed by atoms with Crippen molar-refractivity contribution in [3.63, 3.8) is 0 Å². The van der Waals surface area contributed by atoms with Crippen LogP contribution in [0.2, 0.25) is 0 Å². The van der Waals surface area contributed by atoms with E-state index in [4.69, 9.17) is 0 Å². The van der Waals surface area contributed by atoms with E-state index in [-0.39, 0.29) is 11.6 Å². The minimum Gasteiger partial charge on any atom is -0.347 e. The van der Waals surface area contributed by atoms with E-state index < -0.39 is 0 Å². The van der Waals surface area contributed by atoms with Crippen LogP contribution in [0.3, 0.4) is 0 Å². The van der Waals surface area contributed by atoms with Gasteiger partial charge < -0.3 is 10.6 Å². The first-order valence-electron chi connectivity index (χ1n) is 8.98. The Labute approximate surface area is 162 Å². The van der Waals surface area contributed by atoms with E-state index in [0.717, 1.165) is 27.7 Å². The molecule has 28 heavy (non-hydrogen) atoms. The lowest BCUT2D eigenvalue weighted by atomic mass is 10.1. The smallest absolute Gasteiger partial charge is 0.272 e. The third kappa shape index (κ3) is 3.81. The molecule has 0 atom stereocenters. The number of aryl methyl sites for hydroxylation is 1. The summed E-state index contributed by atoms with van der Waals surface area (Å²) < 4.78 is 0. The number of fused-ring (bicyclic) bond motifs is 1. The first-order valence-corrected chi connectivity index (χ1v) is 8.98. The third-order valence-corrected chi connectivity index (χ3v) is 4.49.